The lowest BCUT2D eigenvalue weighted by molar-refractivity contribution is 0.0932. The first-order valence-corrected chi connectivity index (χ1v) is 12.7. The molecule has 0 radical (unpaired) electrons. The van der Waals surface area contributed by atoms with Gasteiger partial charge in [-0.25, -0.2) is 12.8 Å². The summed E-state index contributed by atoms with van der Waals surface area (Å²) in [5.74, 6) is -0.324. The molecular weight excluding hydrogens is 439 g/mol. The third-order valence-corrected chi connectivity index (χ3v) is 6.44. The van der Waals surface area contributed by atoms with Crippen LogP contribution < -0.4 is 9.62 Å². The lowest BCUT2D eigenvalue weighted by Gasteiger charge is -2.23. The first-order chi connectivity index (χ1) is 15.6. The summed E-state index contributed by atoms with van der Waals surface area (Å²) in [5, 5.41) is 3.09. The maximum Gasteiger partial charge on any atom is 0.251 e. The van der Waals surface area contributed by atoms with E-state index in [4.69, 9.17) is 0 Å². The predicted molar refractivity (Wildman–Crippen MR) is 130 cm³/mol. The number of amides is 1. The van der Waals surface area contributed by atoms with Gasteiger partial charge in [-0.05, 0) is 48.2 Å². The van der Waals surface area contributed by atoms with Gasteiger partial charge in [-0.3, -0.25) is 9.10 Å². The highest BCUT2D eigenvalue weighted by Gasteiger charge is 2.21. The molecule has 0 fully saturated rings. The van der Waals surface area contributed by atoms with Crippen LogP contribution in [0.2, 0.25) is 0 Å². The molecule has 0 aliphatic rings. The maximum absolute atomic E-state index is 14.1. The molecule has 3 aromatic rings. The third kappa shape index (κ3) is 6.65. The molecule has 0 spiro atoms. The van der Waals surface area contributed by atoms with E-state index in [1.165, 1.54) is 6.07 Å². The molecule has 7 heteroatoms. The number of benzene rings is 3. The Morgan fingerprint density at radius 2 is 1.55 bits per heavy atom. The molecule has 5 nitrogen and oxygen atoms in total. The summed E-state index contributed by atoms with van der Waals surface area (Å²) >= 11 is 0. The van der Waals surface area contributed by atoms with Crippen LogP contribution >= 0.6 is 0 Å². The van der Waals surface area contributed by atoms with Gasteiger partial charge in [0.15, 0.2) is 0 Å². The number of halogens is 1. The van der Waals surface area contributed by atoms with Gasteiger partial charge in [0.2, 0.25) is 10.0 Å². The Hall–Kier alpha value is -3.19. The molecule has 3 rings (SSSR count). The maximum atomic E-state index is 14.1. The normalized spacial score (nSPS) is 12.4. The number of nitrogens with zero attached hydrogens (tertiary/aromatic N) is 1. The van der Waals surface area contributed by atoms with Crippen LogP contribution in [0.15, 0.2) is 78.9 Å². The molecule has 3 aromatic carbocycles. The van der Waals surface area contributed by atoms with Crippen molar-refractivity contribution in [3.05, 3.63) is 101 Å². The van der Waals surface area contributed by atoms with Gasteiger partial charge in [0.05, 0.1) is 24.5 Å². The Bertz CT molecular complexity index is 1180. The highest BCUT2D eigenvalue weighted by Crippen LogP contribution is 2.24. The Kier molecular flexibility index (Phi) is 7.87. The van der Waals surface area contributed by atoms with E-state index >= 15 is 0 Å². The molecule has 0 aromatic heterocycles. The SMILES string of the molecule is CC(C)CC(NC(=O)c1ccc(N(Cc2ccccc2F)S(C)(=O)=O)cc1)c1ccccc1. The van der Waals surface area contributed by atoms with Crippen LogP contribution in [0.1, 0.15) is 47.8 Å². The summed E-state index contributed by atoms with van der Waals surface area (Å²) in [4.78, 5) is 12.9. The second-order valence-electron chi connectivity index (χ2n) is 8.47. The molecule has 1 N–H and O–H groups in total. The fourth-order valence-corrected chi connectivity index (χ4v) is 4.52. The van der Waals surface area contributed by atoms with Crippen LogP contribution in [0.5, 0.6) is 0 Å². The predicted octanol–water partition coefficient (Wildman–Crippen LogP) is 5.31. The lowest BCUT2D eigenvalue weighted by Crippen LogP contribution is -2.30. The van der Waals surface area contributed by atoms with Crippen LogP contribution in [0, 0.1) is 11.7 Å². The number of anilines is 1. The fraction of sp³-hybridized carbons (Fsp3) is 0.269. The minimum atomic E-state index is -3.67. The Morgan fingerprint density at radius 3 is 2.12 bits per heavy atom. The van der Waals surface area contributed by atoms with Gasteiger partial charge in [-0.1, -0.05) is 62.4 Å². The summed E-state index contributed by atoms with van der Waals surface area (Å²) in [6, 6.07) is 22.0. The number of carbonyl (C=O) groups excluding carboxylic acids is 1. The molecule has 0 saturated heterocycles. The Morgan fingerprint density at radius 1 is 0.939 bits per heavy atom. The average molecular weight is 469 g/mol. The standard InChI is InChI=1S/C26H29FN2O3S/c1-19(2)17-25(20-9-5-4-6-10-20)28-26(30)21-13-15-23(16-14-21)29(33(3,31)32)18-22-11-7-8-12-24(22)27/h4-16,19,25H,17-18H2,1-3H3,(H,28,30). The number of sulfonamides is 1. The average Bonchev–Trinajstić information content (AvgIpc) is 2.77. The van der Waals surface area contributed by atoms with Crippen LogP contribution in [0.4, 0.5) is 10.1 Å². The van der Waals surface area contributed by atoms with E-state index < -0.39 is 15.8 Å². The van der Waals surface area contributed by atoms with Crippen molar-refractivity contribution in [3.63, 3.8) is 0 Å². The van der Waals surface area contributed by atoms with Gasteiger partial charge in [0.25, 0.3) is 5.91 Å². The fourth-order valence-electron chi connectivity index (χ4n) is 3.64. The van der Waals surface area contributed by atoms with Crippen LogP contribution in [0.3, 0.4) is 0 Å². The van der Waals surface area contributed by atoms with E-state index in [0.717, 1.165) is 22.5 Å². The topological polar surface area (TPSA) is 66.5 Å². The zero-order valence-electron chi connectivity index (χ0n) is 19.0. The first kappa shape index (κ1) is 24.5. The van der Waals surface area contributed by atoms with Crippen molar-refractivity contribution in [1.82, 2.24) is 5.32 Å². The van der Waals surface area contributed by atoms with Crippen molar-refractivity contribution in [3.8, 4) is 0 Å². The van der Waals surface area contributed by atoms with Gasteiger partial charge in [0.1, 0.15) is 5.82 Å². The quantitative estimate of drug-likeness (QED) is 0.463. The lowest BCUT2D eigenvalue weighted by atomic mass is 9.96. The van der Waals surface area contributed by atoms with Crippen molar-refractivity contribution in [1.29, 1.82) is 0 Å². The molecule has 174 valence electrons. The molecule has 1 amide bonds. The van der Waals surface area contributed by atoms with Crippen molar-refractivity contribution in [2.24, 2.45) is 5.92 Å². The third-order valence-electron chi connectivity index (χ3n) is 5.30. The number of carbonyl (C=O) groups is 1. The van der Waals surface area contributed by atoms with Crippen LogP contribution in [-0.2, 0) is 16.6 Å². The van der Waals surface area contributed by atoms with Gasteiger partial charge >= 0.3 is 0 Å². The van der Waals surface area contributed by atoms with E-state index in [0.29, 0.717) is 17.2 Å². The summed E-state index contributed by atoms with van der Waals surface area (Å²) in [6.07, 6.45) is 1.86. The van der Waals surface area contributed by atoms with E-state index in [1.54, 1.807) is 42.5 Å². The summed E-state index contributed by atoms with van der Waals surface area (Å²) in [5.41, 5.74) is 2.08. The number of hydrogen-bond donors (Lipinski definition) is 1. The van der Waals surface area contributed by atoms with E-state index in [-0.39, 0.29) is 24.1 Å². The zero-order valence-corrected chi connectivity index (χ0v) is 19.8. The summed E-state index contributed by atoms with van der Waals surface area (Å²) < 4.78 is 40.0. The smallest absolute Gasteiger partial charge is 0.251 e. The van der Waals surface area contributed by atoms with Crippen LogP contribution in [0.25, 0.3) is 0 Å². The highest BCUT2D eigenvalue weighted by molar-refractivity contribution is 7.92. The minimum Gasteiger partial charge on any atom is -0.345 e. The second kappa shape index (κ2) is 10.6. The summed E-state index contributed by atoms with van der Waals surface area (Å²) in [7, 11) is -3.67. The van der Waals surface area contributed by atoms with Crippen molar-refractivity contribution in [2.75, 3.05) is 10.6 Å². The number of hydrogen-bond acceptors (Lipinski definition) is 3. The van der Waals surface area contributed by atoms with E-state index in [1.807, 2.05) is 30.3 Å². The largest absolute Gasteiger partial charge is 0.345 e. The molecule has 1 unspecified atom stereocenters. The monoisotopic (exact) mass is 468 g/mol. The Labute approximate surface area is 195 Å². The molecule has 0 bridgehead atoms. The minimum absolute atomic E-state index is 0.132. The number of nitrogens with one attached hydrogen (secondary N) is 1. The molecule has 0 aliphatic heterocycles. The molecule has 1 atom stereocenters. The summed E-state index contributed by atoms with van der Waals surface area (Å²) in [6.45, 7) is 4.07. The molecule has 0 aliphatic carbocycles. The van der Waals surface area contributed by atoms with Gasteiger partial charge in [-0.15, -0.1) is 0 Å². The van der Waals surface area contributed by atoms with Crippen molar-refractivity contribution < 1.29 is 17.6 Å². The van der Waals surface area contributed by atoms with Gasteiger partial charge in [0, 0.05) is 11.1 Å². The van der Waals surface area contributed by atoms with Crippen molar-refractivity contribution >= 4 is 21.6 Å². The Balaban J connectivity index is 1.81. The second-order valence-corrected chi connectivity index (χ2v) is 10.4. The highest BCUT2D eigenvalue weighted by atomic mass is 32.2. The zero-order chi connectivity index (χ0) is 24.0. The number of rotatable bonds is 9. The van der Waals surface area contributed by atoms with Crippen LogP contribution in [-0.4, -0.2) is 20.6 Å². The molecule has 33 heavy (non-hydrogen) atoms. The molecule has 0 heterocycles. The van der Waals surface area contributed by atoms with E-state index in [2.05, 4.69) is 19.2 Å². The molecular formula is C26H29FN2O3S. The molecule has 0 saturated carbocycles. The van der Waals surface area contributed by atoms with Gasteiger partial charge in [-0.2, -0.15) is 0 Å². The van der Waals surface area contributed by atoms with E-state index in [9.17, 15) is 17.6 Å². The van der Waals surface area contributed by atoms with Crippen molar-refractivity contribution in [2.45, 2.75) is 32.9 Å². The first-order valence-electron chi connectivity index (χ1n) is 10.8. The van der Waals surface area contributed by atoms with Gasteiger partial charge < -0.3 is 5.32 Å².